The Morgan fingerprint density at radius 1 is 1.21 bits per heavy atom. The van der Waals surface area contributed by atoms with Crippen LogP contribution in [0, 0.1) is 11.8 Å². The maximum absolute atomic E-state index is 5.88. The van der Waals surface area contributed by atoms with Crippen molar-refractivity contribution in [1.29, 1.82) is 0 Å². The van der Waals surface area contributed by atoms with E-state index < -0.39 is 0 Å². The Kier molecular flexibility index (Phi) is 4.43. The first-order chi connectivity index (χ1) is 11.5. The first-order valence-corrected chi connectivity index (χ1v) is 9.50. The summed E-state index contributed by atoms with van der Waals surface area (Å²) in [5, 5.41) is 12.0. The van der Waals surface area contributed by atoms with Gasteiger partial charge in [0.25, 0.3) is 0 Å². The van der Waals surface area contributed by atoms with E-state index in [2.05, 4.69) is 34.3 Å². The van der Waals surface area contributed by atoms with Gasteiger partial charge in [0.2, 0.25) is 0 Å². The lowest BCUT2D eigenvalue weighted by Crippen LogP contribution is -2.45. The Bertz CT molecular complexity index is 565. The summed E-state index contributed by atoms with van der Waals surface area (Å²) >= 11 is 5.80. The molecular weight excluding hydrogens is 324 g/mol. The largest absolute Gasteiger partial charge is 0.375 e. The average molecular weight is 351 g/mol. The van der Waals surface area contributed by atoms with E-state index in [9.17, 15) is 0 Å². The zero-order valence-electron chi connectivity index (χ0n) is 14.5. The Balaban J connectivity index is 1.31. The average Bonchev–Trinajstić information content (AvgIpc) is 3.07. The Hall–Kier alpha value is -0.910. The van der Waals surface area contributed by atoms with Gasteiger partial charge in [-0.25, -0.2) is 0 Å². The van der Waals surface area contributed by atoms with Crippen LogP contribution < -0.4 is 5.32 Å². The summed E-state index contributed by atoms with van der Waals surface area (Å²) < 4.78 is 5.88. The third kappa shape index (κ3) is 3.53. The molecule has 0 bridgehead atoms. The van der Waals surface area contributed by atoms with E-state index in [4.69, 9.17) is 16.3 Å². The molecule has 0 spiro atoms. The first-order valence-electron chi connectivity index (χ1n) is 9.12. The normalized spacial score (nSPS) is 35.8. The fourth-order valence-electron chi connectivity index (χ4n) is 4.87. The topological polar surface area (TPSA) is 50.3 Å². The highest BCUT2D eigenvalue weighted by Gasteiger charge is 2.44. The smallest absolute Gasteiger partial charge is 0.151 e. The van der Waals surface area contributed by atoms with Gasteiger partial charge in [-0.15, -0.1) is 10.2 Å². The Morgan fingerprint density at radius 2 is 1.96 bits per heavy atom. The number of likely N-dealkylation sites (tertiary alicyclic amines) is 1. The molecule has 4 rings (SSSR count). The molecule has 4 atom stereocenters. The van der Waals surface area contributed by atoms with Crippen LogP contribution in [-0.2, 0) is 4.74 Å². The number of aromatic nitrogens is 2. The molecule has 1 N–H and O–H groups in total. The van der Waals surface area contributed by atoms with Crippen LogP contribution in [0.5, 0.6) is 0 Å². The first kappa shape index (κ1) is 16.6. The van der Waals surface area contributed by atoms with E-state index in [-0.39, 0.29) is 5.60 Å². The SMILES string of the molecule is CC1(C)CC(N2C[C@H]3C[C@@H](Nc4ccc(Cl)nn4)C[C@H]3C2)CCO1. The van der Waals surface area contributed by atoms with Crippen LogP contribution in [0.1, 0.15) is 39.5 Å². The van der Waals surface area contributed by atoms with Crippen LogP contribution in [0.4, 0.5) is 5.82 Å². The number of fused-ring (bicyclic) bond motifs is 1. The number of hydrogen-bond donors (Lipinski definition) is 1. The maximum Gasteiger partial charge on any atom is 0.151 e. The lowest BCUT2D eigenvalue weighted by atomic mass is 9.93. The molecule has 0 radical (unpaired) electrons. The van der Waals surface area contributed by atoms with E-state index in [0.29, 0.717) is 17.2 Å². The zero-order chi connectivity index (χ0) is 16.7. The minimum absolute atomic E-state index is 0.0396. The molecule has 2 saturated heterocycles. The van der Waals surface area contributed by atoms with Crippen molar-refractivity contribution in [2.45, 2.75) is 57.2 Å². The number of hydrogen-bond acceptors (Lipinski definition) is 5. The molecule has 2 aliphatic heterocycles. The second-order valence-electron chi connectivity index (χ2n) is 8.28. The molecule has 1 saturated carbocycles. The van der Waals surface area contributed by atoms with E-state index in [1.165, 1.54) is 32.4 Å². The molecule has 1 aliphatic carbocycles. The van der Waals surface area contributed by atoms with Gasteiger partial charge in [0.15, 0.2) is 5.15 Å². The summed E-state index contributed by atoms with van der Waals surface area (Å²) in [5.41, 5.74) is 0.0396. The van der Waals surface area contributed by atoms with Crippen molar-refractivity contribution < 1.29 is 4.74 Å². The van der Waals surface area contributed by atoms with Gasteiger partial charge < -0.3 is 10.1 Å². The summed E-state index contributed by atoms with van der Waals surface area (Å²) in [4.78, 5) is 2.73. The fourth-order valence-corrected chi connectivity index (χ4v) is 4.97. The van der Waals surface area contributed by atoms with Gasteiger partial charge in [0, 0.05) is 31.8 Å². The van der Waals surface area contributed by atoms with Crippen LogP contribution in [0.15, 0.2) is 12.1 Å². The molecule has 1 aromatic rings. The van der Waals surface area contributed by atoms with Crippen molar-refractivity contribution in [3.8, 4) is 0 Å². The summed E-state index contributed by atoms with van der Waals surface area (Å²) in [7, 11) is 0. The number of halogens is 1. The van der Waals surface area contributed by atoms with Gasteiger partial charge in [0.05, 0.1) is 5.60 Å². The minimum Gasteiger partial charge on any atom is -0.375 e. The van der Waals surface area contributed by atoms with Crippen LogP contribution in [0.25, 0.3) is 0 Å². The van der Waals surface area contributed by atoms with Crippen LogP contribution >= 0.6 is 11.6 Å². The molecule has 6 heteroatoms. The van der Waals surface area contributed by atoms with Crippen molar-refractivity contribution in [3.05, 3.63) is 17.3 Å². The highest BCUT2D eigenvalue weighted by atomic mass is 35.5. The van der Waals surface area contributed by atoms with Crippen LogP contribution in [0.2, 0.25) is 5.15 Å². The lowest BCUT2D eigenvalue weighted by Gasteiger charge is -2.40. The molecule has 0 amide bonds. The monoisotopic (exact) mass is 350 g/mol. The van der Waals surface area contributed by atoms with Crippen molar-refractivity contribution in [1.82, 2.24) is 15.1 Å². The van der Waals surface area contributed by atoms with Crippen molar-refractivity contribution >= 4 is 17.4 Å². The third-order valence-electron chi connectivity index (χ3n) is 5.95. The molecule has 3 aliphatic rings. The third-order valence-corrected chi connectivity index (χ3v) is 6.15. The highest BCUT2D eigenvalue weighted by molar-refractivity contribution is 6.29. The van der Waals surface area contributed by atoms with Crippen LogP contribution in [0.3, 0.4) is 0 Å². The summed E-state index contributed by atoms with van der Waals surface area (Å²) in [6.07, 6.45) is 4.82. The molecule has 1 unspecified atom stereocenters. The predicted molar refractivity (Wildman–Crippen MR) is 95.3 cm³/mol. The molecule has 132 valence electrons. The highest BCUT2D eigenvalue weighted by Crippen LogP contribution is 2.41. The summed E-state index contributed by atoms with van der Waals surface area (Å²) in [6.45, 7) is 7.85. The standard InChI is InChI=1S/C18H27ClN4O/c1-18(2)9-15(5-6-24-18)23-10-12-7-14(8-13(12)11-23)20-17-4-3-16(19)21-22-17/h3-4,12-15H,5-11H2,1-2H3,(H,20,22)/t12-,13+,14-,15?. The number of nitrogens with one attached hydrogen (secondary N) is 1. The van der Waals surface area contributed by atoms with E-state index in [1.807, 2.05) is 6.07 Å². The Morgan fingerprint density at radius 3 is 2.58 bits per heavy atom. The molecule has 5 nitrogen and oxygen atoms in total. The summed E-state index contributed by atoms with van der Waals surface area (Å²) in [6, 6.07) is 4.93. The van der Waals surface area contributed by atoms with Crippen molar-refractivity contribution in [3.63, 3.8) is 0 Å². The number of rotatable bonds is 3. The molecule has 24 heavy (non-hydrogen) atoms. The van der Waals surface area contributed by atoms with Crippen molar-refractivity contribution in [2.24, 2.45) is 11.8 Å². The zero-order valence-corrected chi connectivity index (χ0v) is 15.3. The fraction of sp³-hybridized carbons (Fsp3) is 0.778. The minimum atomic E-state index is 0.0396. The summed E-state index contributed by atoms with van der Waals surface area (Å²) in [5.74, 6) is 2.47. The number of ether oxygens (including phenoxy) is 1. The second kappa shape index (κ2) is 6.43. The lowest BCUT2D eigenvalue weighted by molar-refractivity contribution is -0.0811. The number of nitrogens with zero attached hydrogens (tertiary/aromatic N) is 3. The van der Waals surface area contributed by atoms with Gasteiger partial charge in [-0.1, -0.05) is 11.6 Å². The van der Waals surface area contributed by atoms with Gasteiger partial charge in [-0.05, 0) is 63.5 Å². The molecule has 0 aromatic carbocycles. The predicted octanol–water partition coefficient (Wildman–Crippen LogP) is 3.21. The van der Waals surface area contributed by atoms with Crippen molar-refractivity contribution in [2.75, 3.05) is 25.0 Å². The van der Waals surface area contributed by atoms with Gasteiger partial charge in [-0.3, -0.25) is 4.90 Å². The van der Waals surface area contributed by atoms with E-state index in [0.717, 1.165) is 30.7 Å². The van der Waals surface area contributed by atoms with Gasteiger partial charge in [-0.2, -0.15) is 0 Å². The quantitative estimate of drug-likeness (QED) is 0.907. The molecule has 3 fully saturated rings. The maximum atomic E-state index is 5.88. The van der Waals surface area contributed by atoms with E-state index in [1.54, 1.807) is 6.07 Å². The molecule has 3 heterocycles. The van der Waals surface area contributed by atoms with E-state index >= 15 is 0 Å². The number of anilines is 1. The second-order valence-corrected chi connectivity index (χ2v) is 8.67. The molecular formula is C18H27ClN4O. The van der Waals surface area contributed by atoms with Gasteiger partial charge in [0.1, 0.15) is 5.82 Å². The molecule has 1 aromatic heterocycles. The Labute approximate surface area is 149 Å². The van der Waals surface area contributed by atoms with Gasteiger partial charge >= 0.3 is 0 Å². The van der Waals surface area contributed by atoms with Crippen LogP contribution in [-0.4, -0.2) is 52.5 Å².